The lowest BCUT2D eigenvalue weighted by molar-refractivity contribution is -0.169. The minimum absolute atomic E-state index is 0.185. The van der Waals surface area contributed by atoms with Gasteiger partial charge >= 0.3 is 0 Å². The minimum Gasteiger partial charge on any atom is -0.381 e. The highest BCUT2D eigenvalue weighted by atomic mass is 32.2. The number of ether oxygens (including phenoxy) is 1. The van der Waals surface area contributed by atoms with Gasteiger partial charge in [-0.05, 0) is 30.5 Å². The van der Waals surface area contributed by atoms with E-state index in [0.29, 0.717) is 50.2 Å². The van der Waals surface area contributed by atoms with Crippen LogP contribution in [0.5, 0.6) is 0 Å². The number of anilines is 1. The van der Waals surface area contributed by atoms with Crippen molar-refractivity contribution >= 4 is 21.9 Å². The summed E-state index contributed by atoms with van der Waals surface area (Å²) in [6.45, 7) is 1.95. The molecule has 2 fully saturated rings. The molecule has 1 N–H and O–H groups in total. The average molecular weight is 480 g/mol. The van der Waals surface area contributed by atoms with Gasteiger partial charge < -0.3 is 9.64 Å². The van der Waals surface area contributed by atoms with Crippen LogP contribution in [0.4, 0.5) is 10.3 Å². The number of hydrogen-bond acceptors (Lipinski definition) is 8. The van der Waals surface area contributed by atoms with Gasteiger partial charge in [-0.2, -0.15) is 4.31 Å². The Hall–Kier alpha value is -2.67. The molecule has 3 heterocycles. The molecule has 4 rings (SSSR count). The highest BCUT2D eigenvalue weighted by Gasteiger charge is 2.33. The Morgan fingerprint density at radius 3 is 2.27 bits per heavy atom. The van der Waals surface area contributed by atoms with E-state index in [0.717, 1.165) is 11.1 Å². The van der Waals surface area contributed by atoms with Gasteiger partial charge in [-0.25, -0.2) is 27.8 Å². The third-order valence-corrected chi connectivity index (χ3v) is 7.56. The zero-order valence-corrected chi connectivity index (χ0v) is 18.8. The second-order valence-corrected chi connectivity index (χ2v) is 9.97. The predicted molar refractivity (Wildman–Crippen MR) is 117 cm³/mol. The molecule has 1 aromatic heterocycles. The van der Waals surface area contributed by atoms with Crippen molar-refractivity contribution in [1.29, 1.82) is 0 Å². The molecular formula is C21H26FN5O5S. The maximum atomic E-state index is 13.1. The fourth-order valence-electron chi connectivity index (χ4n) is 3.90. The first kappa shape index (κ1) is 23.5. The van der Waals surface area contributed by atoms with Crippen molar-refractivity contribution in [2.75, 3.05) is 50.2 Å². The monoisotopic (exact) mass is 479 g/mol. The van der Waals surface area contributed by atoms with E-state index < -0.39 is 27.7 Å². The Bertz CT molecular complexity index is 1050. The Labute approximate surface area is 191 Å². The molecular weight excluding hydrogens is 453 g/mol. The fourth-order valence-corrected chi connectivity index (χ4v) is 5.22. The van der Waals surface area contributed by atoms with Gasteiger partial charge in [-0.1, -0.05) is 12.1 Å². The summed E-state index contributed by atoms with van der Waals surface area (Å²) in [6.07, 6.45) is 4.22. The Balaban J connectivity index is 1.32. The molecule has 10 nitrogen and oxygen atoms in total. The summed E-state index contributed by atoms with van der Waals surface area (Å²) >= 11 is 0. The van der Waals surface area contributed by atoms with Crippen LogP contribution < -0.4 is 4.90 Å². The Morgan fingerprint density at radius 1 is 1.06 bits per heavy atom. The molecule has 0 spiro atoms. The third kappa shape index (κ3) is 5.64. The summed E-state index contributed by atoms with van der Waals surface area (Å²) in [5, 5.41) is 10.4. The number of carbonyl (C=O) groups excluding carboxylic acids is 1. The number of hydroxylamine groups is 2. The van der Waals surface area contributed by atoms with Gasteiger partial charge in [-0.3, -0.25) is 10.0 Å². The lowest BCUT2D eigenvalue weighted by Crippen LogP contribution is -2.52. The molecule has 1 aromatic carbocycles. The molecule has 2 saturated heterocycles. The van der Waals surface area contributed by atoms with Crippen LogP contribution in [0.1, 0.15) is 12.8 Å². The van der Waals surface area contributed by atoms with Crippen molar-refractivity contribution in [3.05, 3.63) is 42.5 Å². The van der Waals surface area contributed by atoms with Crippen LogP contribution >= 0.6 is 0 Å². The van der Waals surface area contributed by atoms with Gasteiger partial charge in [0.2, 0.25) is 21.9 Å². The highest BCUT2D eigenvalue weighted by Crippen LogP contribution is 2.21. The van der Waals surface area contributed by atoms with E-state index in [1.54, 1.807) is 24.5 Å². The number of hydrogen-bond donors (Lipinski definition) is 1. The van der Waals surface area contributed by atoms with E-state index in [2.05, 4.69) is 9.97 Å². The molecule has 2 aliphatic rings. The SMILES string of the molecule is O=C(C1CCOCC1)N(O)CS(=O)(=O)N1CCN(c2ncc(-c3ccc(F)cc3)cn2)CC1. The van der Waals surface area contributed by atoms with E-state index in [4.69, 9.17) is 4.74 Å². The van der Waals surface area contributed by atoms with Gasteiger partial charge in [0.1, 0.15) is 5.82 Å². The number of piperazine rings is 1. The van der Waals surface area contributed by atoms with Gasteiger partial charge in [0.05, 0.1) is 0 Å². The third-order valence-electron chi connectivity index (χ3n) is 5.84. The largest absolute Gasteiger partial charge is 0.381 e. The van der Waals surface area contributed by atoms with E-state index in [-0.39, 0.29) is 18.9 Å². The van der Waals surface area contributed by atoms with Crippen molar-refractivity contribution in [3.8, 4) is 11.1 Å². The highest BCUT2D eigenvalue weighted by molar-refractivity contribution is 7.89. The summed E-state index contributed by atoms with van der Waals surface area (Å²) in [7, 11) is -3.86. The lowest BCUT2D eigenvalue weighted by Gasteiger charge is -2.34. The van der Waals surface area contributed by atoms with Crippen LogP contribution in [0, 0.1) is 11.7 Å². The van der Waals surface area contributed by atoms with Crippen LogP contribution in [-0.2, 0) is 19.6 Å². The zero-order valence-electron chi connectivity index (χ0n) is 18.0. The molecule has 178 valence electrons. The van der Waals surface area contributed by atoms with Crippen LogP contribution in [0.15, 0.2) is 36.7 Å². The molecule has 33 heavy (non-hydrogen) atoms. The lowest BCUT2D eigenvalue weighted by atomic mass is 10.00. The molecule has 0 unspecified atom stereocenters. The Kier molecular flexibility index (Phi) is 7.17. The number of benzene rings is 1. The molecule has 1 amide bonds. The first-order valence-electron chi connectivity index (χ1n) is 10.7. The number of nitrogens with zero attached hydrogens (tertiary/aromatic N) is 5. The summed E-state index contributed by atoms with van der Waals surface area (Å²) in [6, 6.07) is 6.03. The predicted octanol–water partition coefficient (Wildman–Crippen LogP) is 1.34. The van der Waals surface area contributed by atoms with Crippen LogP contribution in [0.3, 0.4) is 0 Å². The average Bonchev–Trinajstić information content (AvgIpc) is 2.84. The van der Waals surface area contributed by atoms with Crippen molar-refractivity contribution in [3.63, 3.8) is 0 Å². The number of halogens is 1. The molecule has 0 bridgehead atoms. The quantitative estimate of drug-likeness (QED) is 0.487. The summed E-state index contributed by atoms with van der Waals surface area (Å²) in [5.41, 5.74) is 1.54. The van der Waals surface area contributed by atoms with E-state index in [1.807, 2.05) is 4.90 Å². The number of rotatable bonds is 6. The Morgan fingerprint density at radius 2 is 1.67 bits per heavy atom. The molecule has 2 aliphatic heterocycles. The maximum Gasteiger partial charge on any atom is 0.250 e. The van der Waals surface area contributed by atoms with Crippen LogP contribution in [0.25, 0.3) is 11.1 Å². The van der Waals surface area contributed by atoms with Crippen molar-refractivity contribution in [2.24, 2.45) is 5.92 Å². The maximum absolute atomic E-state index is 13.1. The summed E-state index contributed by atoms with van der Waals surface area (Å²) < 4.78 is 45.0. The van der Waals surface area contributed by atoms with E-state index >= 15 is 0 Å². The number of sulfonamides is 1. The smallest absolute Gasteiger partial charge is 0.250 e. The van der Waals surface area contributed by atoms with Gasteiger partial charge in [0.15, 0.2) is 5.88 Å². The number of amides is 1. The standard InChI is InChI=1S/C21H26FN5O5S/c22-19-3-1-16(2-4-19)18-13-23-21(24-14-18)25-7-9-26(10-8-25)33(30,31)15-27(29)20(28)17-5-11-32-12-6-17/h1-4,13-14,17,29H,5-12,15H2. The molecule has 0 saturated carbocycles. The molecule has 0 radical (unpaired) electrons. The summed E-state index contributed by atoms with van der Waals surface area (Å²) in [5.74, 6) is -1.63. The minimum atomic E-state index is -3.86. The summed E-state index contributed by atoms with van der Waals surface area (Å²) in [4.78, 5) is 22.9. The van der Waals surface area contributed by atoms with E-state index in [9.17, 15) is 22.8 Å². The molecule has 2 aromatic rings. The zero-order chi connectivity index (χ0) is 23.4. The van der Waals surface area contributed by atoms with Crippen molar-refractivity contribution in [1.82, 2.24) is 19.3 Å². The van der Waals surface area contributed by atoms with E-state index in [1.165, 1.54) is 16.4 Å². The second kappa shape index (κ2) is 10.1. The van der Waals surface area contributed by atoms with Crippen LogP contribution in [0.2, 0.25) is 0 Å². The number of carbonyl (C=O) groups is 1. The number of aromatic nitrogens is 2. The van der Waals surface area contributed by atoms with Gasteiger partial charge in [0, 0.05) is 63.3 Å². The van der Waals surface area contributed by atoms with Crippen LogP contribution in [-0.4, -0.2) is 84.1 Å². The topological polar surface area (TPSA) is 116 Å². The first-order valence-corrected chi connectivity index (χ1v) is 12.3. The van der Waals surface area contributed by atoms with Gasteiger partial charge in [0.25, 0.3) is 0 Å². The normalized spacial score (nSPS) is 18.3. The molecule has 12 heteroatoms. The molecule has 0 aliphatic carbocycles. The second-order valence-electron chi connectivity index (χ2n) is 8.03. The van der Waals surface area contributed by atoms with Crippen molar-refractivity contribution in [2.45, 2.75) is 12.8 Å². The van der Waals surface area contributed by atoms with Gasteiger partial charge in [-0.15, -0.1) is 0 Å². The van der Waals surface area contributed by atoms with Crippen molar-refractivity contribution < 1.29 is 27.5 Å². The molecule has 0 atom stereocenters. The first-order chi connectivity index (χ1) is 15.8. The fraction of sp³-hybridized carbons (Fsp3) is 0.476.